The third-order valence-corrected chi connectivity index (χ3v) is 4.31. The van der Waals surface area contributed by atoms with Gasteiger partial charge in [0.1, 0.15) is 0 Å². The summed E-state index contributed by atoms with van der Waals surface area (Å²) < 4.78 is 5.13. The molecule has 0 fully saturated rings. The molecule has 6 nitrogen and oxygen atoms in total. The van der Waals surface area contributed by atoms with Gasteiger partial charge in [-0.05, 0) is 24.5 Å². The summed E-state index contributed by atoms with van der Waals surface area (Å²) >= 11 is 0. The molecular weight excluding hydrogens is 465 g/mol. The number of aryl methyl sites for hydroxylation is 1. The van der Waals surface area contributed by atoms with Crippen LogP contribution >= 0.6 is 24.0 Å². The minimum Gasteiger partial charge on any atom is -0.356 e. The summed E-state index contributed by atoms with van der Waals surface area (Å²) in [5.41, 5.74) is 2.62. The molecule has 3 rings (SSSR count). The van der Waals surface area contributed by atoms with Gasteiger partial charge in [-0.2, -0.15) is 4.98 Å². The monoisotopic (exact) mass is 491 g/mol. The summed E-state index contributed by atoms with van der Waals surface area (Å²) in [6, 6.07) is 21.1. The Labute approximate surface area is 182 Å². The molecule has 0 radical (unpaired) electrons. The Kier molecular flexibility index (Phi) is 8.93. The third-order valence-electron chi connectivity index (χ3n) is 4.31. The molecule has 2 N–H and O–H groups in total. The summed E-state index contributed by atoms with van der Waals surface area (Å²) in [5, 5.41) is 10.4. The summed E-state index contributed by atoms with van der Waals surface area (Å²) in [6.45, 7) is 3.00. The molecule has 0 saturated carbocycles. The molecule has 3 aromatic rings. The van der Waals surface area contributed by atoms with Gasteiger partial charge in [0.15, 0.2) is 11.8 Å². The fraction of sp³-hybridized carbons (Fsp3) is 0.286. The number of rotatable bonds is 7. The number of hydrogen-bond donors (Lipinski definition) is 2. The maximum absolute atomic E-state index is 5.13. The van der Waals surface area contributed by atoms with Crippen LogP contribution in [-0.2, 0) is 13.0 Å². The van der Waals surface area contributed by atoms with E-state index >= 15 is 0 Å². The van der Waals surface area contributed by atoms with Crippen molar-refractivity contribution in [1.29, 1.82) is 0 Å². The Hall–Kier alpha value is -2.42. The molecule has 7 heteroatoms. The van der Waals surface area contributed by atoms with E-state index in [0.29, 0.717) is 30.1 Å². The Morgan fingerprint density at radius 3 is 2.32 bits per heavy atom. The molecule has 0 aliphatic rings. The van der Waals surface area contributed by atoms with Crippen molar-refractivity contribution >= 4 is 29.9 Å². The third kappa shape index (κ3) is 6.63. The number of aromatic nitrogens is 2. The van der Waals surface area contributed by atoms with Crippen molar-refractivity contribution < 1.29 is 4.52 Å². The average Bonchev–Trinajstić information content (AvgIpc) is 3.13. The van der Waals surface area contributed by atoms with Gasteiger partial charge < -0.3 is 15.2 Å². The number of nitrogens with one attached hydrogen (secondary N) is 2. The largest absolute Gasteiger partial charge is 0.356 e. The van der Waals surface area contributed by atoms with Crippen molar-refractivity contribution in [2.45, 2.75) is 25.8 Å². The van der Waals surface area contributed by atoms with Crippen molar-refractivity contribution in [3.63, 3.8) is 0 Å². The first-order valence-electron chi connectivity index (χ1n) is 9.07. The van der Waals surface area contributed by atoms with E-state index in [9.17, 15) is 0 Å². The van der Waals surface area contributed by atoms with E-state index in [2.05, 4.69) is 74.3 Å². The van der Waals surface area contributed by atoms with Gasteiger partial charge in [0.25, 0.3) is 0 Å². The highest BCUT2D eigenvalue weighted by molar-refractivity contribution is 14.0. The van der Waals surface area contributed by atoms with Crippen LogP contribution in [0.25, 0.3) is 0 Å². The van der Waals surface area contributed by atoms with Crippen molar-refractivity contribution in [3.8, 4) is 0 Å². The van der Waals surface area contributed by atoms with Crippen molar-refractivity contribution in [3.05, 3.63) is 83.5 Å². The first-order valence-corrected chi connectivity index (χ1v) is 9.07. The number of guanidine groups is 1. The van der Waals surface area contributed by atoms with Crippen LogP contribution in [0.5, 0.6) is 0 Å². The number of nitrogens with zero attached hydrogens (tertiary/aromatic N) is 3. The maximum atomic E-state index is 5.13. The van der Waals surface area contributed by atoms with Gasteiger partial charge in [-0.1, -0.05) is 65.8 Å². The quantitative estimate of drug-likeness (QED) is 0.300. The Balaban J connectivity index is 0.00000280. The Bertz CT molecular complexity index is 852. The van der Waals surface area contributed by atoms with Gasteiger partial charge in [-0.3, -0.25) is 4.99 Å². The fourth-order valence-corrected chi connectivity index (χ4v) is 2.94. The Morgan fingerprint density at radius 2 is 1.71 bits per heavy atom. The number of halogens is 1. The zero-order chi connectivity index (χ0) is 18.9. The summed E-state index contributed by atoms with van der Waals surface area (Å²) in [4.78, 5) is 8.48. The highest BCUT2D eigenvalue weighted by Gasteiger charge is 2.13. The van der Waals surface area contributed by atoms with Gasteiger partial charge in [0.2, 0.25) is 5.89 Å². The standard InChI is InChI=1S/C21H25N5O.HI/c1-16-25-20(27-26-16)15-24-21(22-2)23-14-19(18-11-7-4-8-12-18)13-17-9-5-3-6-10-17;/h3-12,19H,13-15H2,1-2H3,(H2,22,23,24);1H. The SMILES string of the molecule is CN=C(NCc1nc(C)no1)NCC(Cc1ccccc1)c1ccccc1.I. The van der Waals surface area contributed by atoms with Gasteiger partial charge in [0, 0.05) is 19.5 Å². The van der Waals surface area contributed by atoms with E-state index < -0.39 is 0 Å². The van der Waals surface area contributed by atoms with Crippen LogP contribution in [0, 0.1) is 6.92 Å². The van der Waals surface area contributed by atoms with Crippen LogP contribution in [0.4, 0.5) is 0 Å². The predicted octanol–water partition coefficient (Wildman–Crippen LogP) is 3.69. The van der Waals surface area contributed by atoms with Crippen molar-refractivity contribution in [2.75, 3.05) is 13.6 Å². The number of aliphatic imine (C=N–C) groups is 1. The van der Waals surface area contributed by atoms with Crippen LogP contribution < -0.4 is 10.6 Å². The second kappa shape index (κ2) is 11.4. The van der Waals surface area contributed by atoms with Crippen LogP contribution in [-0.4, -0.2) is 29.7 Å². The van der Waals surface area contributed by atoms with Gasteiger partial charge in [-0.25, -0.2) is 0 Å². The molecule has 0 amide bonds. The topological polar surface area (TPSA) is 75.3 Å². The smallest absolute Gasteiger partial charge is 0.246 e. The molecule has 0 bridgehead atoms. The Morgan fingerprint density at radius 1 is 1.04 bits per heavy atom. The van der Waals surface area contributed by atoms with E-state index in [-0.39, 0.29) is 24.0 Å². The first-order chi connectivity index (χ1) is 13.2. The molecular formula is C21H26IN5O. The van der Waals surface area contributed by atoms with Gasteiger partial charge >= 0.3 is 0 Å². The second-order valence-electron chi connectivity index (χ2n) is 6.34. The van der Waals surface area contributed by atoms with E-state index in [1.807, 2.05) is 12.1 Å². The minimum absolute atomic E-state index is 0. The van der Waals surface area contributed by atoms with Crippen LogP contribution in [0.3, 0.4) is 0 Å². The summed E-state index contributed by atoms with van der Waals surface area (Å²) in [6.07, 6.45) is 0.956. The second-order valence-corrected chi connectivity index (χ2v) is 6.34. The molecule has 0 aliphatic carbocycles. The van der Waals surface area contributed by atoms with E-state index in [1.54, 1.807) is 14.0 Å². The summed E-state index contributed by atoms with van der Waals surface area (Å²) in [7, 11) is 1.75. The lowest BCUT2D eigenvalue weighted by Crippen LogP contribution is -2.39. The highest BCUT2D eigenvalue weighted by atomic mass is 127. The average molecular weight is 491 g/mol. The molecule has 1 aromatic heterocycles. The van der Waals surface area contributed by atoms with E-state index in [0.717, 1.165) is 13.0 Å². The molecule has 2 aromatic carbocycles. The molecule has 28 heavy (non-hydrogen) atoms. The molecule has 1 unspecified atom stereocenters. The van der Waals surface area contributed by atoms with Crippen molar-refractivity contribution in [2.24, 2.45) is 4.99 Å². The predicted molar refractivity (Wildman–Crippen MR) is 122 cm³/mol. The number of benzene rings is 2. The van der Waals surface area contributed by atoms with Crippen LogP contribution in [0.15, 0.2) is 70.2 Å². The van der Waals surface area contributed by atoms with E-state index in [4.69, 9.17) is 4.52 Å². The molecule has 1 atom stereocenters. The molecule has 0 aliphatic heterocycles. The van der Waals surface area contributed by atoms with Crippen molar-refractivity contribution in [1.82, 2.24) is 20.8 Å². The fourth-order valence-electron chi connectivity index (χ4n) is 2.94. The summed E-state index contributed by atoms with van der Waals surface area (Å²) in [5.74, 6) is 2.21. The minimum atomic E-state index is 0. The molecule has 0 spiro atoms. The normalized spacial score (nSPS) is 12.1. The highest BCUT2D eigenvalue weighted by Crippen LogP contribution is 2.20. The lowest BCUT2D eigenvalue weighted by Gasteiger charge is -2.20. The van der Waals surface area contributed by atoms with Gasteiger partial charge in [-0.15, -0.1) is 24.0 Å². The van der Waals surface area contributed by atoms with E-state index in [1.165, 1.54) is 11.1 Å². The maximum Gasteiger partial charge on any atom is 0.246 e. The van der Waals surface area contributed by atoms with Gasteiger partial charge in [0.05, 0.1) is 6.54 Å². The lowest BCUT2D eigenvalue weighted by molar-refractivity contribution is 0.371. The molecule has 0 saturated heterocycles. The lowest BCUT2D eigenvalue weighted by atomic mass is 9.92. The number of hydrogen-bond acceptors (Lipinski definition) is 4. The zero-order valence-electron chi connectivity index (χ0n) is 16.1. The first kappa shape index (κ1) is 21.9. The molecule has 148 valence electrons. The van der Waals surface area contributed by atoms with Crippen LogP contribution in [0.2, 0.25) is 0 Å². The zero-order valence-corrected chi connectivity index (χ0v) is 18.5. The molecule has 1 heterocycles. The van der Waals surface area contributed by atoms with Crippen LogP contribution in [0.1, 0.15) is 28.8 Å².